The lowest BCUT2D eigenvalue weighted by atomic mass is 9.99. The number of ketones is 1. The summed E-state index contributed by atoms with van der Waals surface area (Å²) in [6, 6.07) is 9.57. The van der Waals surface area contributed by atoms with Gasteiger partial charge in [0.1, 0.15) is 34.9 Å². The number of carbonyl (C=O) groups excluding carboxylic acids is 2. The summed E-state index contributed by atoms with van der Waals surface area (Å²) in [6.45, 7) is 0. The molecule has 0 saturated carbocycles. The molecule has 3 aromatic rings. The van der Waals surface area contributed by atoms with E-state index >= 15 is 0 Å². The maximum Gasteiger partial charge on any atom is 0.300 e. The van der Waals surface area contributed by atoms with Crippen LogP contribution < -0.4 is 14.4 Å². The molecule has 0 bridgehead atoms. The van der Waals surface area contributed by atoms with E-state index in [2.05, 4.69) is 0 Å². The van der Waals surface area contributed by atoms with E-state index in [-0.39, 0.29) is 22.6 Å². The third-order valence-electron chi connectivity index (χ3n) is 5.09. The predicted octanol–water partition coefficient (Wildman–Crippen LogP) is 4.67. The lowest BCUT2D eigenvalue weighted by molar-refractivity contribution is -0.132. The van der Waals surface area contributed by atoms with E-state index in [4.69, 9.17) is 9.47 Å². The highest BCUT2D eigenvalue weighted by Crippen LogP contribution is 2.45. The maximum atomic E-state index is 14.6. The summed E-state index contributed by atoms with van der Waals surface area (Å²) >= 11 is 1.22. The Morgan fingerprint density at radius 2 is 1.84 bits per heavy atom. The van der Waals surface area contributed by atoms with E-state index in [1.54, 1.807) is 29.6 Å². The fourth-order valence-electron chi connectivity index (χ4n) is 3.62. The fourth-order valence-corrected chi connectivity index (χ4v) is 4.44. The molecule has 1 amide bonds. The number of ether oxygens (including phenoxy) is 2. The van der Waals surface area contributed by atoms with Gasteiger partial charge in [-0.1, -0.05) is 6.07 Å². The first-order valence-electron chi connectivity index (χ1n) is 9.39. The summed E-state index contributed by atoms with van der Waals surface area (Å²) in [4.78, 5) is 27.5. The van der Waals surface area contributed by atoms with Gasteiger partial charge in [-0.3, -0.25) is 14.5 Å². The van der Waals surface area contributed by atoms with Gasteiger partial charge in [0.15, 0.2) is 0 Å². The van der Waals surface area contributed by atoms with Crippen LogP contribution in [0, 0.1) is 11.6 Å². The first-order valence-corrected chi connectivity index (χ1v) is 10.3. The second-order valence-electron chi connectivity index (χ2n) is 6.85. The molecule has 4 rings (SSSR count). The van der Waals surface area contributed by atoms with Crippen molar-refractivity contribution in [1.82, 2.24) is 0 Å². The van der Waals surface area contributed by atoms with E-state index in [0.29, 0.717) is 16.7 Å². The minimum Gasteiger partial charge on any atom is -0.507 e. The molecule has 1 unspecified atom stereocenters. The number of aliphatic hydroxyl groups excluding tert-OH is 1. The second-order valence-corrected chi connectivity index (χ2v) is 7.83. The van der Waals surface area contributed by atoms with Gasteiger partial charge in [-0.25, -0.2) is 8.78 Å². The van der Waals surface area contributed by atoms with Crippen LogP contribution >= 0.6 is 11.3 Å². The normalized spacial score (nSPS) is 17.6. The molecular formula is C23H17F2NO5S. The number of hydrogen-bond acceptors (Lipinski definition) is 6. The second kappa shape index (κ2) is 8.43. The quantitative estimate of drug-likeness (QED) is 0.342. The van der Waals surface area contributed by atoms with E-state index in [0.717, 1.165) is 17.0 Å². The Morgan fingerprint density at radius 3 is 2.47 bits per heavy atom. The Morgan fingerprint density at radius 1 is 1.06 bits per heavy atom. The Hall–Kier alpha value is -3.72. The molecule has 1 aliphatic heterocycles. The van der Waals surface area contributed by atoms with Crippen LogP contribution in [0.15, 0.2) is 59.5 Å². The summed E-state index contributed by atoms with van der Waals surface area (Å²) in [6.07, 6.45) is 0. The van der Waals surface area contributed by atoms with Gasteiger partial charge in [0.05, 0.1) is 31.0 Å². The summed E-state index contributed by atoms with van der Waals surface area (Å²) in [5.41, 5.74) is -0.387. The molecule has 0 radical (unpaired) electrons. The number of amides is 1. The highest BCUT2D eigenvalue weighted by molar-refractivity contribution is 7.10. The lowest BCUT2D eigenvalue weighted by Crippen LogP contribution is -2.30. The van der Waals surface area contributed by atoms with E-state index in [9.17, 15) is 23.5 Å². The minimum absolute atomic E-state index is 0.131. The Labute approximate surface area is 185 Å². The third-order valence-corrected chi connectivity index (χ3v) is 6.01. The smallest absolute Gasteiger partial charge is 0.300 e. The molecule has 1 fully saturated rings. The molecule has 1 atom stereocenters. The van der Waals surface area contributed by atoms with Gasteiger partial charge in [-0.15, -0.1) is 11.3 Å². The summed E-state index contributed by atoms with van der Waals surface area (Å²) in [7, 11) is 2.83. The number of halogens is 2. The van der Waals surface area contributed by atoms with Crippen LogP contribution in [0.3, 0.4) is 0 Å². The van der Waals surface area contributed by atoms with Gasteiger partial charge in [-0.2, -0.15) is 0 Å². The average molecular weight is 457 g/mol. The van der Waals surface area contributed by atoms with Crippen LogP contribution in [0.2, 0.25) is 0 Å². The summed E-state index contributed by atoms with van der Waals surface area (Å²) < 4.78 is 38.6. The van der Waals surface area contributed by atoms with Crippen LogP contribution in [0.5, 0.6) is 11.5 Å². The van der Waals surface area contributed by atoms with Gasteiger partial charge >= 0.3 is 0 Å². The monoisotopic (exact) mass is 457 g/mol. The van der Waals surface area contributed by atoms with Crippen molar-refractivity contribution in [3.05, 3.63) is 81.6 Å². The van der Waals surface area contributed by atoms with Crippen LogP contribution in [0.4, 0.5) is 14.5 Å². The lowest BCUT2D eigenvalue weighted by Gasteiger charge is -2.24. The Bertz CT molecular complexity index is 1240. The zero-order chi connectivity index (χ0) is 23.0. The number of rotatable bonds is 5. The molecule has 0 spiro atoms. The zero-order valence-corrected chi connectivity index (χ0v) is 17.8. The van der Waals surface area contributed by atoms with Crippen molar-refractivity contribution in [2.75, 3.05) is 19.1 Å². The molecule has 2 heterocycles. The standard InChI is InChI=1S/C23H17F2NO5S/c1-30-13-6-8-17(31-2)14(11-13)21(27)19-20(18-4-3-9-32-18)26(23(29)22(19)28)16-7-5-12(24)10-15(16)25/h3-11,20,27H,1-2H3/b21-19-. The van der Waals surface area contributed by atoms with E-state index in [1.165, 1.54) is 31.6 Å². The fraction of sp³-hybridized carbons (Fsp3) is 0.130. The van der Waals surface area contributed by atoms with Gasteiger partial charge in [0.2, 0.25) is 0 Å². The molecule has 6 nitrogen and oxygen atoms in total. The average Bonchev–Trinajstić information content (AvgIpc) is 3.40. The molecule has 32 heavy (non-hydrogen) atoms. The number of carbonyl (C=O) groups is 2. The van der Waals surface area contributed by atoms with Crippen molar-refractivity contribution in [3.8, 4) is 11.5 Å². The van der Waals surface area contributed by atoms with Crippen LogP contribution in [0.1, 0.15) is 16.5 Å². The summed E-state index contributed by atoms with van der Waals surface area (Å²) in [5.74, 6) is -3.75. The van der Waals surface area contributed by atoms with Crippen molar-refractivity contribution in [2.24, 2.45) is 0 Å². The number of nitrogens with zero attached hydrogens (tertiary/aromatic N) is 1. The van der Waals surface area contributed by atoms with Crippen LogP contribution in [-0.2, 0) is 9.59 Å². The van der Waals surface area contributed by atoms with Crippen molar-refractivity contribution in [2.45, 2.75) is 6.04 Å². The van der Waals surface area contributed by atoms with Crippen molar-refractivity contribution < 1.29 is 33.0 Å². The Balaban J connectivity index is 1.97. The van der Waals surface area contributed by atoms with Crippen molar-refractivity contribution in [1.29, 1.82) is 0 Å². The molecule has 1 saturated heterocycles. The largest absolute Gasteiger partial charge is 0.507 e. The molecule has 1 aliphatic rings. The molecule has 1 aromatic heterocycles. The van der Waals surface area contributed by atoms with Crippen molar-refractivity contribution >= 4 is 34.5 Å². The first kappa shape index (κ1) is 21.5. The summed E-state index contributed by atoms with van der Waals surface area (Å²) in [5, 5.41) is 12.9. The highest BCUT2D eigenvalue weighted by Gasteiger charge is 2.48. The third kappa shape index (κ3) is 3.50. The molecule has 9 heteroatoms. The van der Waals surface area contributed by atoms with Gasteiger partial charge in [-0.05, 0) is 41.8 Å². The van der Waals surface area contributed by atoms with Crippen LogP contribution in [0.25, 0.3) is 5.76 Å². The molecule has 164 valence electrons. The maximum absolute atomic E-state index is 14.6. The van der Waals surface area contributed by atoms with Crippen molar-refractivity contribution in [3.63, 3.8) is 0 Å². The zero-order valence-electron chi connectivity index (χ0n) is 17.0. The first-order chi connectivity index (χ1) is 15.4. The number of thiophene rings is 1. The van der Waals surface area contributed by atoms with Gasteiger partial charge < -0.3 is 14.6 Å². The number of hydrogen-bond donors (Lipinski definition) is 1. The predicted molar refractivity (Wildman–Crippen MR) is 115 cm³/mol. The number of Topliss-reactive ketones (excluding diaryl/α,β-unsaturated/α-hetero) is 1. The van der Waals surface area contributed by atoms with Crippen LogP contribution in [-0.4, -0.2) is 31.0 Å². The van der Waals surface area contributed by atoms with Gasteiger partial charge in [0.25, 0.3) is 11.7 Å². The number of methoxy groups -OCH3 is 2. The molecule has 0 aliphatic carbocycles. The Kier molecular flexibility index (Phi) is 5.67. The molecular weight excluding hydrogens is 440 g/mol. The highest BCUT2D eigenvalue weighted by atomic mass is 32.1. The number of aliphatic hydroxyl groups is 1. The SMILES string of the molecule is COc1ccc(OC)c(/C(O)=C2/C(=O)C(=O)N(c3ccc(F)cc3F)C2c2cccs2)c1. The molecule has 1 N–H and O–H groups in total. The topological polar surface area (TPSA) is 76.1 Å². The minimum atomic E-state index is -1.12. The van der Waals surface area contributed by atoms with E-state index < -0.39 is 35.1 Å². The molecule has 2 aromatic carbocycles. The van der Waals surface area contributed by atoms with Gasteiger partial charge in [0, 0.05) is 10.9 Å². The number of benzene rings is 2. The van der Waals surface area contributed by atoms with E-state index in [1.807, 2.05) is 0 Å². The number of anilines is 1.